The second-order valence-electron chi connectivity index (χ2n) is 9.12. The molecular weight excluding hydrogens is 522 g/mol. The molecule has 3 aromatic rings. The van der Waals surface area contributed by atoms with Crippen LogP contribution >= 0.6 is 11.6 Å². The number of ether oxygens (including phenoxy) is 2. The van der Waals surface area contributed by atoms with E-state index in [4.69, 9.17) is 26.2 Å². The number of benzene rings is 3. The lowest BCUT2D eigenvalue weighted by molar-refractivity contribution is -0.123. The van der Waals surface area contributed by atoms with Gasteiger partial charge in [0, 0.05) is 5.56 Å². The molecule has 0 aliphatic rings. The van der Waals surface area contributed by atoms with Crippen molar-refractivity contribution < 1.29 is 29.0 Å². The van der Waals surface area contributed by atoms with Crippen LogP contribution in [0.2, 0.25) is 5.02 Å². The van der Waals surface area contributed by atoms with Gasteiger partial charge in [-0.25, -0.2) is 10.2 Å². The molecule has 204 valence electrons. The molecule has 0 aromatic heterocycles. The van der Waals surface area contributed by atoms with Crippen LogP contribution in [0, 0.1) is 12.8 Å². The Labute approximate surface area is 231 Å². The molecule has 0 aliphatic carbocycles. The summed E-state index contributed by atoms with van der Waals surface area (Å²) in [6.45, 7) is 5.65. The molecule has 0 heterocycles. The zero-order valence-corrected chi connectivity index (χ0v) is 22.8. The summed E-state index contributed by atoms with van der Waals surface area (Å²) in [6.07, 6.45) is 1.39. The van der Waals surface area contributed by atoms with Gasteiger partial charge in [-0.2, -0.15) is 5.10 Å². The summed E-state index contributed by atoms with van der Waals surface area (Å²) >= 11 is 6.42. The Bertz CT molecular complexity index is 1370. The fourth-order valence-corrected chi connectivity index (χ4v) is 3.88. The summed E-state index contributed by atoms with van der Waals surface area (Å²) in [5, 5.41) is 16.2. The number of hydrogen-bond donors (Lipinski definition) is 3. The minimum Gasteiger partial charge on any atom is -0.493 e. The van der Waals surface area contributed by atoms with Crippen molar-refractivity contribution in [1.82, 2.24) is 10.7 Å². The number of hydrazone groups is 1. The number of aromatic carboxylic acids is 1. The molecule has 0 radical (unpaired) electrons. The van der Waals surface area contributed by atoms with E-state index in [9.17, 15) is 14.4 Å². The third kappa shape index (κ3) is 8.05. The Morgan fingerprint density at radius 3 is 2.41 bits per heavy atom. The van der Waals surface area contributed by atoms with Crippen LogP contribution in [0.1, 0.15) is 51.3 Å². The number of hydrogen-bond acceptors (Lipinski definition) is 6. The highest BCUT2D eigenvalue weighted by molar-refractivity contribution is 6.32. The summed E-state index contributed by atoms with van der Waals surface area (Å²) < 4.78 is 11.2. The minimum atomic E-state index is -1.03. The van der Waals surface area contributed by atoms with E-state index < -0.39 is 17.9 Å². The molecular formula is C29H30ClN3O6. The molecule has 39 heavy (non-hydrogen) atoms. The number of amides is 2. The number of carboxylic acid groups (broad SMARTS) is 1. The fourth-order valence-electron chi connectivity index (χ4n) is 3.61. The van der Waals surface area contributed by atoms with Crippen molar-refractivity contribution in [2.24, 2.45) is 11.0 Å². The van der Waals surface area contributed by atoms with Crippen molar-refractivity contribution in [2.45, 2.75) is 33.4 Å². The van der Waals surface area contributed by atoms with Crippen LogP contribution in [0.3, 0.4) is 0 Å². The van der Waals surface area contributed by atoms with Gasteiger partial charge in [-0.15, -0.1) is 0 Å². The summed E-state index contributed by atoms with van der Waals surface area (Å²) in [6, 6.07) is 15.9. The van der Waals surface area contributed by atoms with Crippen molar-refractivity contribution >= 4 is 35.6 Å². The number of carbonyl (C=O) groups is 3. The van der Waals surface area contributed by atoms with Gasteiger partial charge in [-0.3, -0.25) is 9.59 Å². The molecule has 0 spiro atoms. The SMILES string of the molecule is COc1cc(/C=N\NC(=O)C(NC(=O)c2ccc(C)cc2)C(C)C)cc(Cl)c1OCc1cccc(C(=O)O)c1. The molecule has 3 aromatic carbocycles. The van der Waals surface area contributed by atoms with Crippen LogP contribution in [-0.4, -0.2) is 42.3 Å². The first-order valence-electron chi connectivity index (χ1n) is 12.1. The minimum absolute atomic E-state index is 0.0750. The second kappa shape index (κ2) is 13.4. The second-order valence-corrected chi connectivity index (χ2v) is 9.53. The number of carbonyl (C=O) groups excluding carboxylic acids is 2. The van der Waals surface area contributed by atoms with Gasteiger partial charge in [0.25, 0.3) is 11.8 Å². The largest absolute Gasteiger partial charge is 0.493 e. The number of carboxylic acids is 1. The molecule has 2 amide bonds. The Morgan fingerprint density at radius 1 is 1.05 bits per heavy atom. The number of nitrogens with one attached hydrogen (secondary N) is 2. The topological polar surface area (TPSA) is 126 Å². The molecule has 1 atom stereocenters. The monoisotopic (exact) mass is 551 g/mol. The van der Waals surface area contributed by atoms with Gasteiger partial charge in [0.2, 0.25) is 0 Å². The number of rotatable bonds is 11. The van der Waals surface area contributed by atoms with Gasteiger partial charge in [-0.1, -0.05) is 55.3 Å². The van der Waals surface area contributed by atoms with E-state index in [0.717, 1.165) is 5.56 Å². The third-order valence-electron chi connectivity index (χ3n) is 5.75. The quantitative estimate of drug-likeness (QED) is 0.231. The maximum Gasteiger partial charge on any atom is 0.335 e. The van der Waals surface area contributed by atoms with Gasteiger partial charge >= 0.3 is 5.97 Å². The summed E-state index contributed by atoms with van der Waals surface area (Å²) in [7, 11) is 1.45. The van der Waals surface area contributed by atoms with Crippen molar-refractivity contribution in [2.75, 3.05) is 7.11 Å². The highest BCUT2D eigenvalue weighted by Crippen LogP contribution is 2.36. The van der Waals surface area contributed by atoms with Crippen LogP contribution in [0.25, 0.3) is 0 Å². The molecule has 9 nitrogen and oxygen atoms in total. The van der Waals surface area contributed by atoms with Crippen LogP contribution in [0.5, 0.6) is 11.5 Å². The van der Waals surface area contributed by atoms with E-state index >= 15 is 0 Å². The zero-order valence-electron chi connectivity index (χ0n) is 22.0. The number of aryl methyl sites for hydroxylation is 1. The maximum absolute atomic E-state index is 12.8. The zero-order chi connectivity index (χ0) is 28.5. The molecule has 10 heteroatoms. The van der Waals surface area contributed by atoms with Crippen molar-refractivity contribution in [1.29, 1.82) is 0 Å². The number of halogens is 1. The van der Waals surface area contributed by atoms with Crippen LogP contribution in [0.4, 0.5) is 0 Å². The lowest BCUT2D eigenvalue weighted by Gasteiger charge is -2.20. The third-order valence-corrected chi connectivity index (χ3v) is 6.03. The first kappa shape index (κ1) is 29.2. The van der Waals surface area contributed by atoms with Gasteiger partial charge in [-0.05, 0) is 60.4 Å². The predicted octanol–water partition coefficient (Wildman–Crippen LogP) is 4.84. The Balaban J connectivity index is 1.66. The van der Waals surface area contributed by atoms with Gasteiger partial charge in [0.1, 0.15) is 12.6 Å². The van der Waals surface area contributed by atoms with Gasteiger partial charge in [0.05, 0.1) is 23.9 Å². The number of methoxy groups -OCH3 is 1. The lowest BCUT2D eigenvalue weighted by atomic mass is 10.0. The first-order valence-corrected chi connectivity index (χ1v) is 12.5. The van der Waals surface area contributed by atoms with E-state index in [1.54, 1.807) is 36.4 Å². The van der Waals surface area contributed by atoms with E-state index in [-0.39, 0.29) is 34.8 Å². The van der Waals surface area contributed by atoms with Crippen molar-refractivity contribution in [3.05, 3.63) is 93.5 Å². The lowest BCUT2D eigenvalue weighted by Crippen LogP contribution is -2.48. The Kier molecular flexibility index (Phi) is 10.1. The molecule has 0 bridgehead atoms. The molecule has 0 fully saturated rings. The van der Waals surface area contributed by atoms with E-state index in [1.165, 1.54) is 25.5 Å². The maximum atomic E-state index is 12.8. The molecule has 3 rings (SSSR count). The van der Waals surface area contributed by atoms with Gasteiger partial charge < -0.3 is 19.9 Å². The van der Waals surface area contributed by atoms with E-state index in [2.05, 4.69) is 15.8 Å². The van der Waals surface area contributed by atoms with E-state index in [1.807, 2.05) is 32.9 Å². The highest BCUT2D eigenvalue weighted by Gasteiger charge is 2.24. The van der Waals surface area contributed by atoms with E-state index in [0.29, 0.717) is 22.4 Å². The normalized spacial score (nSPS) is 11.7. The van der Waals surface area contributed by atoms with Crippen LogP contribution in [0.15, 0.2) is 65.8 Å². The summed E-state index contributed by atoms with van der Waals surface area (Å²) in [4.78, 5) is 36.6. The molecule has 0 saturated carbocycles. The van der Waals surface area contributed by atoms with Crippen molar-refractivity contribution in [3.63, 3.8) is 0 Å². The number of nitrogens with zero attached hydrogens (tertiary/aromatic N) is 1. The first-order chi connectivity index (χ1) is 18.6. The Morgan fingerprint density at radius 2 is 1.77 bits per heavy atom. The fraction of sp³-hybridized carbons (Fsp3) is 0.241. The molecule has 1 unspecified atom stereocenters. The highest BCUT2D eigenvalue weighted by atomic mass is 35.5. The molecule has 0 saturated heterocycles. The Hall–Kier alpha value is -4.37. The average molecular weight is 552 g/mol. The molecule has 0 aliphatic heterocycles. The summed E-state index contributed by atoms with van der Waals surface area (Å²) in [5.41, 5.74) is 5.28. The van der Waals surface area contributed by atoms with Crippen molar-refractivity contribution in [3.8, 4) is 11.5 Å². The molecule has 3 N–H and O–H groups in total. The smallest absolute Gasteiger partial charge is 0.335 e. The van der Waals surface area contributed by atoms with Crippen LogP contribution in [-0.2, 0) is 11.4 Å². The average Bonchev–Trinajstić information content (AvgIpc) is 2.90. The standard InChI is InChI=1S/C29H30ClN3O6/c1-17(2)25(32-27(34)21-10-8-18(3)9-11-21)28(35)33-31-15-20-13-23(30)26(24(14-20)38-4)39-16-19-6-5-7-22(12-19)29(36)37/h5-15,17,25H,16H2,1-4H3,(H,32,34)(H,33,35)(H,36,37)/b31-15-. The van der Waals surface area contributed by atoms with Gasteiger partial charge in [0.15, 0.2) is 11.5 Å². The van der Waals surface area contributed by atoms with Crippen LogP contribution < -0.4 is 20.2 Å². The summed E-state index contributed by atoms with van der Waals surface area (Å²) in [5.74, 6) is -1.43. The predicted molar refractivity (Wildman–Crippen MR) is 149 cm³/mol.